The topological polar surface area (TPSA) is 100 Å². The highest BCUT2D eigenvalue weighted by atomic mass is 16.4. The van der Waals surface area contributed by atoms with Crippen LogP contribution in [-0.4, -0.2) is 32.1 Å². The van der Waals surface area contributed by atoms with Gasteiger partial charge in [0.1, 0.15) is 11.4 Å². The fourth-order valence-corrected chi connectivity index (χ4v) is 2.01. The Kier molecular flexibility index (Phi) is 2.57. The van der Waals surface area contributed by atoms with Gasteiger partial charge in [0.25, 0.3) is 0 Å². The Balaban J connectivity index is 2.41. The lowest BCUT2D eigenvalue weighted by Gasteiger charge is -2.04. The maximum absolute atomic E-state index is 11.0. The number of benzene rings is 1. The van der Waals surface area contributed by atoms with Crippen LogP contribution in [-0.2, 0) is 0 Å². The molecule has 20 heavy (non-hydrogen) atoms. The Labute approximate surface area is 112 Å². The van der Waals surface area contributed by atoms with Crippen LogP contribution in [0.3, 0.4) is 0 Å². The normalized spacial score (nSPS) is 10.8. The lowest BCUT2D eigenvalue weighted by atomic mass is 10.1. The first kappa shape index (κ1) is 12.0. The Morgan fingerprint density at radius 1 is 0.700 bits per heavy atom. The summed E-state index contributed by atoms with van der Waals surface area (Å²) in [6.45, 7) is 0. The molecule has 0 radical (unpaired) electrons. The van der Waals surface area contributed by atoms with Gasteiger partial charge in [0.15, 0.2) is 0 Å². The Morgan fingerprint density at radius 3 is 1.40 bits per heavy atom. The largest absolute Gasteiger partial charge is 0.477 e. The molecule has 2 N–H and O–H groups in total. The van der Waals surface area contributed by atoms with Gasteiger partial charge in [-0.3, -0.25) is 0 Å². The van der Waals surface area contributed by atoms with Crippen molar-refractivity contribution >= 4 is 33.7 Å². The number of aromatic carboxylic acids is 2. The third-order valence-corrected chi connectivity index (χ3v) is 2.96. The molecule has 0 aliphatic carbocycles. The van der Waals surface area contributed by atoms with E-state index in [4.69, 9.17) is 10.2 Å². The SMILES string of the molecule is O=C(O)c1ccc2ccc3ccc(C(=O)O)nc3c2n1. The zero-order valence-corrected chi connectivity index (χ0v) is 10.1. The molecule has 2 aromatic heterocycles. The standard InChI is InChI=1S/C14H8N2O4/c17-13(18)9-5-3-7-1-2-8-4-6-10(14(19)20)16-12(8)11(7)15-9/h1-6H,(H,17,18)(H,19,20). The molecule has 0 aliphatic rings. The average molecular weight is 268 g/mol. The highest BCUT2D eigenvalue weighted by Crippen LogP contribution is 2.23. The van der Waals surface area contributed by atoms with Crippen LogP contribution < -0.4 is 0 Å². The van der Waals surface area contributed by atoms with Crippen molar-refractivity contribution in [2.24, 2.45) is 0 Å². The van der Waals surface area contributed by atoms with Crippen molar-refractivity contribution in [3.05, 3.63) is 47.8 Å². The second-order valence-electron chi connectivity index (χ2n) is 4.21. The van der Waals surface area contributed by atoms with E-state index in [-0.39, 0.29) is 11.4 Å². The minimum atomic E-state index is -1.14. The number of aromatic nitrogens is 2. The van der Waals surface area contributed by atoms with Crippen molar-refractivity contribution in [2.75, 3.05) is 0 Å². The van der Waals surface area contributed by atoms with Crippen molar-refractivity contribution in [1.82, 2.24) is 9.97 Å². The first-order valence-corrected chi connectivity index (χ1v) is 5.73. The minimum absolute atomic E-state index is 0.104. The van der Waals surface area contributed by atoms with Crippen molar-refractivity contribution in [3.63, 3.8) is 0 Å². The number of carboxylic acids is 2. The zero-order valence-electron chi connectivity index (χ0n) is 10.1. The monoisotopic (exact) mass is 268 g/mol. The van der Waals surface area contributed by atoms with Crippen LogP contribution in [0.15, 0.2) is 36.4 Å². The van der Waals surface area contributed by atoms with Gasteiger partial charge >= 0.3 is 11.9 Å². The predicted molar refractivity (Wildman–Crippen MR) is 71.0 cm³/mol. The van der Waals surface area contributed by atoms with Crippen LogP contribution in [0.4, 0.5) is 0 Å². The number of carbonyl (C=O) groups is 2. The van der Waals surface area contributed by atoms with Crippen molar-refractivity contribution < 1.29 is 19.8 Å². The molecule has 6 heteroatoms. The van der Waals surface area contributed by atoms with Crippen molar-refractivity contribution in [1.29, 1.82) is 0 Å². The Hall–Kier alpha value is -3.02. The fraction of sp³-hybridized carbons (Fsp3) is 0. The van der Waals surface area contributed by atoms with E-state index in [1.165, 1.54) is 12.1 Å². The first-order valence-electron chi connectivity index (χ1n) is 5.73. The van der Waals surface area contributed by atoms with Crippen molar-refractivity contribution in [2.45, 2.75) is 0 Å². The zero-order chi connectivity index (χ0) is 14.3. The molecule has 0 amide bonds. The maximum Gasteiger partial charge on any atom is 0.354 e. The van der Waals surface area contributed by atoms with Gasteiger partial charge in [0, 0.05) is 10.8 Å². The van der Waals surface area contributed by atoms with E-state index in [9.17, 15) is 9.59 Å². The number of rotatable bonds is 2. The summed E-state index contributed by atoms with van der Waals surface area (Å²) in [5.74, 6) is -2.28. The van der Waals surface area contributed by atoms with Gasteiger partial charge in [-0.25, -0.2) is 19.6 Å². The molecular formula is C14H8N2O4. The van der Waals surface area contributed by atoms with Gasteiger partial charge in [-0.15, -0.1) is 0 Å². The van der Waals surface area contributed by atoms with Crippen LogP contribution in [0, 0.1) is 0 Å². The molecule has 3 rings (SSSR count). The third kappa shape index (κ3) is 1.83. The number of hydrogen-bond donors (Lipinski definition) is 2. The fourth-order valence-electron chi connectivity index (χ4n) is 2.01. The van der Waals surface area contributed by atoms with Gasteiger partial charge in [-0.1, -0.05) is 24.3 Å². The molecule has 1 aromatic carbocycles. The molecule has 0 unspecified atom stereocenters. The summed E-state index contributed by atoms with van der Waals surface area (Å²) >= 11 is 0. The lowest BCUT2D eigenvalue weighted by molar-refractivity contribution is 0.0680. The van der Waals surface area contributed by atoms with E-state index >= 15 is 0 Å². The molecule has 2 heterocycles. The van der Waals surface area contributed by atoms with E-state index in [2.05, 4.69) is 9.97 Å². The van der Waals surface area contributed by atoms with Gasteiger partial charge < -0.3 is 10.2 Å². The van der Waals surface area contributed by atoms with E-state index < -0.39 is 11.9 Å². The lowest BCUT2D eigenvalue weighted by Crippen LogP contribution is -2.02. The average Bonchev–Trinajstić information content (AvgIpc) is 2.45. The molecule has 98 valence electrons. The van der Waals surface area contributed by atoms with Gasteiger partial charge in [-0.2, -0.15) is 0 Å². The molecule has 0 saturated carbocycles. The summed E-state index contributed by atoms with van der Waals surface area (Å²) in [7, 11) is 0. The highest BCUT2D eigenvalue weighted by Gasteiger charge is 2.11. The molecule has 0 bridgehead atoms. The minimum Gasteiger partial charge on any atom is -0.477 e. The quantitative estimate of drug-likeness (QED) is 0.691. The maximum atomic E-state index is 11.0. The molecular weight excluding hydrogens is 260 g/mol. The van der Waals surface area contributed by atoms with Crippen LogP contribution in [0.2, 0.25) is 0 Å². The summed E-state index contributed by atoms with van der Waals surface area (Å²) < 4.78 is 0. The summed E-state index contributed by atoms with van der Waals surface area (Å²) in [5, 5.41) is 19.4. The predicted octanol–water partition coefficient (Wildman–Crippen LogP) is 2.18. The summed E-state index contributed by atoms with van der Waals surface area (Å²) in [6, 6.07) is 9.63. The van der Waals surface area contributed by atoms with Crippen LogP contribution in [0.1, 0.15) is 21.0 Å². The Morgan fingerprint density at radius 2 is 1.05 bits per heavy atom. The number of carboxylic acid groups (broad SMARTS) is 2. The molecule has 0 fully saturated rings. The summed E-state index contributed by atoms with van der Waals surface area (Å²) in [4.78, 5) is 30.1. The summed E-state index contributed by atoms with van der Waals surface area (Å²) in [6.07, 6.45) is 0. The van der Waals surface area contributed by atoms with E-state index in [0.29, 0.717) is 21.8 Å². The van der Waals surface area contributed by atoms with E-state index in [1.807, 2.05) is 0 Å². The number of nitrogens with zero attached hydrogens (tertiary/aromatic N) is 2. The third-order valence-electron chi connectivity index (χ3n) is 2.96. The van der Waals surface area contributed by atoms with Gasteiger partial charge in [0.2, 0.25) is 0 Å². The number of hydrogen-bond acceptors (Lipinski definition) is 4. The number of pyridine rings is 2. The van der Waals surface area contributed by atoms with Gasteiger partial charge in [-0.05, 0) is 12.1 Å². The van der Waals surface area contributed by atoms with E-state index in [0.717, 1.165) is 0 Å². The molecule has 0 saturated heterocycles. The first-order chi connectivity index (χ1) is 9.56. The molecule has 0 aliphatic heterocycles. The summed E-state index contributed by atoms with van der Waals surface area (Å²) in [5.41, 5.74) is 0.552. The molecule has 3 aromatic rings. The molecule has 0 spiro atoms. The van der Waals surface area contributed by atoms with Gasteiger partial charge in [0.05, 0.1) is 11.0 Å². The second kappa shape index (κ2) is 4.27. The van der Waals surface area contributed by atoms with Crippen LogP contribution in [0.25, 0.3) is 21.8 Å². The van der Waals surface area contributed by atoms with Crippen LogP contribution >= 0.6 is 0 Å². The molecule has 0 atom stereocenters. The number of fused-ring (bicyclic) bond motifs is 3. The molecule has 6 nitrogen and oxygen atoms in total. The second-order valence-corrected chi connectivity index (χ2v) is 4.21. The van der Waals surface area contributed by atoms with E-state index in [1.54, 1.807) is 24.3 Å². The van der Waals surface area contributed by atoms with Crippen LogP contribution in [0.5, 0.6) is 0 Å². The highest BCUT2D eigenvalue weighted by molar-refractivity contribution is 6.05. The Bertz CT molecular complexity index is 801. The van der Waals surface area contributed by atoms with Crippen molar-refractivity contribution in [3.8, 4) is 0 Å². The smallest absolute Gasteiger partial charge is 0.354 e.